The van der Waals surface area contributed by atoms with Crippen LogP contribution in [0.15, 0.2) is 41.0 Å². The number of anilines is 2. The number of benzene rings is 1. The summed E-state index contributed by atoms with van der Waals surface area (Å²) in [6, 6.07) is 8.84. The van der Waals surface area contributed by atoms with Crippen LogP contribution in [0.4, 0.5) is 11.5 Å². The predicted molar refractivity (Wildman–Crippen MR) is 118 cm³/mol. The number of hydrogen-bond donors (Lipinski definition) is 2. The lowest BCUT2D eigenvalue weighted by Gasteiger charge is -2.30. The molecule has 0 radical (unpaired) electrons. The Morgan fingerprint density at radius 2 is 1.90 bits per heavy atom. The fraction of sp³-hybridized carbons (Fsp3) is 0.381. The number of piperidine rings is 1. The maximum atomic E-state index is 12.5. The van der Waals surface area contributed by atoms with Gasteiger partial charge in [0.25, 0.3) is 0 Å². The Kier molecular flexibility index (Phi) is 7.64. The largest absolute Gasteiger partial charge is 0.497 e. The van der Waals surface area contributed by atoms with Crippen LogP contribution in [-0.4, -0.2) is 55.6 Å². The van der Waals surface area contributed by atoms with Gasteiger partial charge in [0.2, 0.25) is 11.8 Å². The van der Waals surface area contributed by atoms with Crippen LogP contribution in [0.5, 0.6) is 11.5 Å². The molecule has 160 valence electrons. The van der Waals surface area contributed by atoms with Crippen LogP contribution in [-0.2, 0) is 9.59 Å². The lowest BCUT2D eigenvalue weighted by atomic mass is 9.96. The van der Waals surface area contributed by atoms with Crippen molar-refractivity contribution in [3.05, 3.63) is 41.0 Å². The van der Waals surface area contributed by atoms with E-state index in [0.29, 0.717) is 48.9 Å². The highest BCUT2D eigenvalue weighted by molar-refractivity contribution is 9.10. The fourth-order valence-corrected chi connectivity index (χ4v) is 3.57. The second-order valence-electron chi connectivity index (χ2n) is 7.02. The first-order valence-electron chi connectivity index (χ1n) is 9.65. The molecule has 3 rings (SSSR count). The van der Waals surface area contributed by atoms with Crippen LogP contribution in [0.1, 0.15) is 12.8 Å². The molecule has 8 nitrogen and oxygen atoms in total. The van der Waals surface area contributed by atoms with Crippen LogP contribution < -0.4 is 20.1 Å². The molecule has 1 fully saturated rings. The molecule has 0 aliphatic carbocycles. The molecule has 2 aromatic rings. The van der Waals surface area contributed by atoms with E-state index in [4.69, 9.17) is 9.47 Å². The van der Waals surface area contributed by atoms with Crippen molar-refractivity contribution in [1.29, 1.82) is 0 Å². The highest BCUT2D eigenvalue weighted by atomic mass is 79.9. The third-order valence-electron chi connectivity index (χ3n) is 4.98. The van der Waals surface area contributed by atoms with Gasteiger partial charge in [-0.2, -0.15) is 0 Å². The minimum Gasteiger partial charge on any atom is -0.497 e. The average molecular weight is 477 g/mol. The first-order chi connectivity index (χ1) is 14.5. The van der Waals surface area contributed by atoms with Gasteiger partial charge >= 0.3 is 0 Å². The average Bonchev–Trinajstić information content (AvgIpc) is 2.75. The van der Waals surface area contributed by atoms with Crippen molar-refractivity contribution in [2.45, 2.75) is 12.8 Å². The van der Waals surface area contributed by atoms with Gasteiger partial charge in [0, 0.05) is 22.7 Å². The van der Waals surface area contributed by atoms with Crippen molar-refractivity contribution < 1.29 is 19.1 Å². The minimum atomic E-state index is -0.136. The Morgan fingerprint density at radius 3 is 2.53 bits per heavy atom. The van der Waals surface area contributed by atoms with Crippen LogP contribution in [0.25, 0.3) is 0 Å². The Balaban J connectivity index is 1.48. The molecule has 1 aromatic heterocycles. The van der Waals surface area contributed by atoms with Crippen LogP contribution in [0, 0.1) is 5.92 Å². The molecule has 2 N–H and O–H groups in total. The van der Waals surface area contributed by atoms with Gasteiger partial charge in [-0.3, -0.25) is 14.5 Å². The maximum Gasteiger partial charge on any atom is 0.238 e. The predicted octanol–water partition coefficient (Wildman–Crippen LogP) is 3.15. The topological polar surface area (TPSA) is 92.8 Å². The molecule has 1 aromatic carbocycles. The van der Waals surface area contributed by atoms with Crippen LogP contribution in [0.2, 0.25) is 0 Å². The summed E-state index contributed by atoms with van der Waals surface area (Å²) >= 11 is 3.32. The number of hydrogen-bond acceptors (Lipinski definition) is 6. The zero-order valence-corrected chi connectivity index (χ0v) is 18.6. The van der Waals surface area contributed by atoms with Gasteiger partial charge in [0.15, 0.2) is 0 Å². The Labute approximate surface area is 184 Å². The SMILES string of the molecule is COc1ccc(OC)c(NC(=O)CN2CCC(C(=O)Nc3ccc(Br)cn3)CC2)c1. The summed E-state index contributed by atoms with van der Waals surface area (Å²) in [5.74, 6) is 1.49. The number of likely N-dealkylation sites (tertiary alicyclic amines) is 1. The molecule has 1 aliphatic heterocycles. The quantitative estimate of drug-likeness (QED) is 0.637. The van der Waals surface area contributed by atoms with Gasteiger partial charge in [0.05, 0.1) is 26.5 Å². The van der Waals surface area contributed by atoms with Crippen molar-refractivity contribution in [2.75, 3.05) is 44.5 Å². The number of carbonyl (C=O) groups excluding carboxylic acids is 2. The number of methoxy groups -OCH3 is 2. The van der Waals surface area contributed by atoms with Crippen LogP contribution >= 0.6 is 15.9 Å². The van der Waals surface area contributed by atoms with Gasteiger partial charge in [-0.1, -0.05) is 0 Å². The zero-order valence-electron chi connectivity index (χ0n) is 17.0. The van der Waals surface area contributed by atoms with E-state index < -0.39 is 0 Å². The van der Waals surface area contributed by atoms with Gasteiger partial charge in [0.1, 0.15) is 17.3 Å². The second-order valence-corrected chi connectivity index (χ2v) is 7.93. The number of carbonyl (C=O) groups is 2. The summed E-state index contributed by atoms with van der Waals surface area (Å²) in [4.78, 5) is 31.2. The second kappa shape index (κ2) is 10.4. The highest BCUT2D eigenvalue weighted by Gasteiger charge is 2.26. The van der Waals surface area contributed by atoms with Gasteiger partial charge in [-0.25, -0.2) is 4.98 Å². The number of halogens is 1. The van der Waals surface area contributed by atoms with E-state index in [1.165, 1.54) is 0 Å². The Bertz CT molecular complexity index is 883. The first kappa shape index (κ1) is 22.0. The fourth-order valence-electron chi connectivity index (χ4n) is 3.34. The minimum absolute atomic E-state index is 0.0324. The number of amides is 2. The van der Waals surface area contributed by atoms with Gasteiger partial charge in [-0.15, -0.1) is 0 Å². The van der Waals surface area contributed by atoms with E-state index in [2.05, 4.69) is 31.5 Å². The van der Waals surface area contributed by atoms with Gasteiger partial charge < -0.3 is 20.1 Å². The molecule has 0 saturated carbocycles. The smallest absolute Gasteiger partial charge is 0.238 e. The molecule has 0 atom stereocenters. The highest BCUT2D eigenvalue weighted by Crippen LogP contribution is 2.29. The molecule has 1 aliphatic rings. The van der Waals surface area contributed by atoms with Crippen molar-refractivity contribution in [3.8, 4) is 11.5 Å². The molecule has 2 heterocycles. The number of pyridine rings is 1. The molecular weight excluding hydrogens is 452 g/mol. The van der Waals surface area contributed by atoms with E-state index in [-0.39, 0.29) is 24.3 Å². The van der Waals surface area contributed by atoms with E-state index in [0.717, 1.165) is 4.47 Å². The number of rotatable bonds is 7. The summed E-state index contributed by atoms with van der Waals surface area (Å²) in [6.07, 6.45) is 3.03. The Hall–Kier alpha value is -2.65. The summed E-state index contributed by atoms with van der Waals surface area (Å²) in [5.41, 5.74) is 0.568. The summed E-state index contributed by atoms with van der Waals surface area (Å²) in [6.45, 7) is 1.60. The van der Waals surface area contributed by atoms with Crippen molar-refractivity contribution in [3.63, 3.8) is 0 Å². The Morgan fingerprint density at radius 1 is 1.13 bits per heavy atom. The number of ether oxygens (including phenoxy) is 2. The van der Waals surface area contributed by atoms with Crippen molar-refractivity contribution >= 4 is 39.2 Å². The summed E-state index contributed by atoms with van der Waals surface area (Å²) < 4.78 is 11.4. The molecule has 1 saturated heterocycles. The number of nitrogens with zero attached hydrogens (tertiary/aromatic N) is 2. The van der Waals surface area contributed by atoms with E-state index in [1.54, 1.807) is 44.7 Å². The molecule has 9 heteroatoms. The molecular formula is C21H25BrN4O4. The molecule has 0 bridgehead atoms. The number of aromatic nitrogens is 1. The summed E-state index contributed by atoms with van der Waals surface area (Å²) in [5, 5.41) is 5.73. The first-order valence-corrected chi connectivity index (χ1v) is 10.4. The van der Waals surface area contributed by atoms with E-state index in [9.17, 15) is 9.59 Å². The lowest BCUT2D eigenvalue weighted by molar-refractivity contribution is -0.121. The third kappa shape index (κ3) is 5.93. The van der Waals surface area contributed by atoms with Gasteiger partial charge in [-0.05, 0) is 66.1 Å². The van der Waals surface area contributed by atoms with Crippen molar-refractivity contribution in [2.24, 2.45) is 5.92 Å². The van der Waals surface area contributed by atoms with E-state index >= 15 is 0 Å². The molecule has 0 unspecified atom stereocenters. The zero-order chi connectivity index (χ0) is 21.5. The summed E-state index contributed by atoms with van der Waals surface area (Å²) in [7, 11) is 3.12. The number of nitrogens with one attached hydrogen (secondary N) is 2. The van der Waals surface area contributed by atoms with E-state index in [1.807, 2.05) is 11.0 Å². The monoisotopic (exact) mass is 476 g/mol. The lowest BCUT2D eigenvalue weighted by Crippen LogP contribution is -2.41. The molecule has 2 amide bonds. The normalized spacial score (nSPS) is 14.8. The molecule has 30 heavy (non-hydrogen) atoms. The van der Waals surface area contributed by atoms with Crippen molar-refractivity contribution in [1.82, 2.24) is 9.88 Å². The standard InChI is InChI=1S/C21H25BrN4O4/c1-29-16-4-5-18(30-2)17(11-16)24-20(27)13-26-9-7-14(8-10-26)21(28)25-19-6-3-15(22)12-23-19/h3-6,11-12,14H,7-10,13H2,1-2H3,(H,24,27)(H,23,25,28). The third-order valence-corrected chi connectivity index (χ3v) is 5.45. The molecule has 0 spiro atoms. The maximum absolute atomic E-state index is 12.5. The van der Waals surface area contributed by atoms with Crippen LogP contribution in [0.3, 0.4) is 0 Å².